The number of benzene rings is 1. The number of nitrogens with zero attached hydrogens (tertiary/aromatic N) is 1. The van der Waals surface area contributed by atoms with Gasteiger partial charge < -0.3 is 10.2 Å². The standard InChI is InChI=1S/C17H26N2O/c1-14-8-7-9-16(12-14)15(2)18-13-17(20)19-10-5-3-4-6-11-19/h7-9,12,15,18H,3-6,10-11,13H2,1-2H3/t15-/m0/s1. The van der Waals surface area contributed by atoms with Gasteiger partial charge >= 0.3 is 0 Å². The van der Waals surface area contributed by atoms with E-state index in [0.29, 0.717) is 6.54 Å². The summed E-state index contributed by atoms with van der Waals surface area (Å²) in [6.07, 6.45) is 4.83. The number of likely N-dealkylation sites (tertiary alicyclic amines) is 1. The molecule has 1 fully saturated rings. The number of hydrogen-bond acceptors (Lipinski definition) is 2. The molecule has 0 spiro atoms. The van der Waals surface area contributed by atoms with Crippen molar-refractivity contribution in [2.24, 2.45) is 0 Å². The van der Waals surface area contributed by atoms with Crippen LogP contribution >= 0.6 is 0 Å². The van der Waals surface area contributed by atoms with Gasteiger partial charge in [0.25, 0.3) is 0 Å². The molecule has 1 aliphatic rings. The zero-order chi connectivity index (χ0) is 14.4. The molecule has 1 saturated heterocycles. The van der Waals surface area contributed by atoms with Gasteiger partial charge in [0.05, 0.1) is 6.54 Å². The van der Waals surface area contributed by atoms with Crippen LogP contribution in [0.3, 0.4) is 0 Å². The van der Waals surface area contributed by atoms with Crippen molar-refractivity contribution in [2.45, 2.75) is 45.6 Å². The lowest BCUT2D eigenvalue weighted by molar-refractivity contribution is -0.130. The highest BCUT2D eigenvalue weighted by atomic mass is 16.2. The zero-order valence-electron chi connectivity index (χ0n) is 12.7. The second-order valence-corrected chi connectivity index (χ2v) is 5.81. The summed E-state index contributed by atoms with van der Waals surface area (Å²) in [6.45, 7) is 6.51. The molecule has 1 heterocycles. The van der Waals surface area contributed by atoms with Crippen LogP contribution in [0.5, 0.6) is 0 Å². The first-order valence-corrected chi connectivity index (χ1v) is 7.74. The van der Waals surface area contributed by atoms with E-state index >= 15 is 0 Å². The molecule has 0 aliphatic carbocycles. The number of carbonyl (C=O) groups is 1. The van der Waals surface area contributed by atoms with E-state index in [-0.39, 0.29) is 11.9 Å². The Morgan fingerprint density at radius 1 is 1.25 bits per heavy atom. The molecule has 20 heavy (non-hydrogen) atoms. The highest BCUT2D eigenvalue weighted by Crippen LogP contribution is 2.14. The summed E-state index contributed by atoms with van der Waals surface area (Å²) in [5.41, 5.74) is 2.50. The zero-order valence-corrected chi connectivity index (χ0v) is 12.7. The second kappa shape index (κ2) is 7.44. The highest BCUT2D eigenvalue weighted by Gasteiger charge is 2.16. The molecule has 3 heteroatoms. The van der Waals surface area contributed by atoms with Crippen LogP contribution in [0.4, 0.5) is 0 Å². The van der Waals surface area contributed by atoms with E-state index < -0.39 is 0 Å². The Kier molecular flexibility index (Phi) is 5.60. The quantitative estimate of drug-likeness (QED) is 0.915. The van der Waals surface area contributed by atoms with E-state index in [2.05, 4.69) is 43.4 Å². The first-order valence-electron chi connectivity index (χ1n) is 7.74. The van der Waals surface area contributed by atoms with Crippen LogP contribution in [-0.4, -0.2) is 30.4 Å². The second-order valence-electron chi connectivity index (χ2n) is 5.81. The van der Waals surface area contributed by atoms with Crippen LogP contribution in [0, 0.1) is 6.92 Å². The van der Waals surface area contributed by atoms with Gasteiger partial charge in [-0.15, -0.1) is 0 Å². The van der Waals surface area contributed by atoms with Crippen molar-refractivity contribution in [3.05, 3.63) is 35.4 Å². The molecule has 1 aromatic rings. The van der Waals surface area contributed by atoms with Gasteiger partial charge in [0, 0.05) is 19.1 Å². The van der Waals surface area contributed by atoms with Gasteiger partial charge in [-0.2, -0.15) is 0 Å². The maximum atomic E-state index is 12.2. The summed E-state index contributed by atoms with van der Waals surface area (Å²) < 4.78 is 0. The molecule has 0 bridgehead atoms. The summed E-state index contributed by atoms with van der Waals surface area (Å²) >= 11 is 0. The number of carbonyl (C=O) groups excluding carboxylic acids is 1. The SMILES string of the molecule is Cc1cccc([C@H](C)NCC(=O)N2CCCCCC2)c1. The third kappa shape index (κ3) is 4.34. The van der Waals surface area contributed by atoms with Crippen molar-refractivity contribution in [1.82, 2.24) is 10.2 Å². The highest BCUT2D eigenvalue weighted by molar-refractivity contribution is 5.78. The van der Waals surface area contributed by atoms with Crippen LogP contribution in [0.25, 0.3) is 0 Å². The minimum absolute atomic E-state index is 0.214. The summed E-state index contributed by atoms with van der Waals surface area (Å²) in [4.78, 5) is 14.2. The minimum Gasteiger partial charge on any atom is -0.342 e. The first kappa shape index (κ1) is 15.0. The van der Waals surface area contributed by atoms with Crippen LogP contribution in [-0.2, 0) is 4.79 Å². The largest absolute Gasteiger partial charge is 0.342 e. The Bertz CT molecular complexity index is 436. The van der Waals surface area contributed by atoms with Crippen LogP contribution in [0.15, 0.2) is 24.3 Å². The fourth-order valence-corrected chi connectivity index (χ4v) is 2.73. The van der Waals surface area contributed by atoms with Gasteiger partial charge in [0.15, 0.2) is 0 Å². The summed E-state index contributed by atoms with van der Waals surface area (Å²) in [7, 11) is 0. The van der Waals surface area contributed by atoms with Crippen molar-refractivity contribution in [3.8, 4) is 0 Å². The molecule has 1 aromatic carbocycles. The number of amides is 1. The van der Waals surface area contributed by atoms with Gasteiger partial charge in [-0.1, -0.05) is 42.7 Å². The third-order valence-electron chi connectivity index (χ3n) is 4.06. The Hall–Kier alpha value is -1.35. The topological polar surface area (TPSA) is 32.3 Å². The molecule has 3 nitrogen and oxygen atoms in total. The van der Waals surface area contributed by atoms with E-state index in [4.69, 9.17) is 0 Å². The van der Waals surface area contributed by atoms with Crippen molar-refractivity contribution in [1.29, 1.82) is 0 Å². The van der Waals surface area contributed by atoms with Crippen molar-refractivity contribution >= 4 is 5.91 Å². The molecule has 0 unspecified atom stereocenters. The fraction of sp³-hybridized carbons (Fsp3) is 0.588. The normalized spacial score (nSPS) is 17.6. The molecular weight excluding hydrogens is 248 g/mol. The Labute approximate surface area is 122 Å². The van der Waals surface area contributed by atoms with E-state index in [0.717, 1.165) is 25.9 Å². The molecule has 0 radical (unpaired) electrons. The van der Waals surface area contributed by atoms with Crippen molar-refractivity contribution in [2.75, 3.05) is 19.6 Å². The lowest BCUT2D eigenvalue weighted by atomic mass is 10.1. The van der Waals surface area contributed by atoms with Crippen LogP contribution in [0.2, 0.25) is 0 Å². The average Bonchev–Trinajstić information content (AvgIpc) is 2.73. The Morgan fingerprint density at radius 3 is 2.60 bits per heavy atom. The maximum Gasteiger partial charge on any atom is 0.236 e. The summed E-state index contributed by atoms with van der Waals surface area (Å²) in [5, 5.41) is 3.35. The molecule has 1 amide bonds. The average molecular weight is 274 g/mol. The Balaban J connectivity index is 1.83. The van der Waals surface area contributed by atoms with Crippen LogP contribution in [0.1, 0.15) is 49.8 Å². The Morgan fingerprint density at radius 2 is 1.95 bits per heavy atom. The number of nitrogens with one attached hydrogen (secondary N) is 1. The van der Waals surface area contributed by atoms with Gasteiger partial charge in [0.1, 0.15) is 0 Å². The molecule has 1 N–H and O–H groups in total. The maximum absolute atomic E-state index is 12.2. The van der Waals surface area contributed by atoms with E-state index in [1.807, 2.05) is 4.90 Å². The fourth-order valence-electron chi connectivity index (χ4n) is 2.73. The lowest BCUT2D eigenvalue weighted by Crippen LogP contribution is -2.39. The van der Waals surface area contributed by atoms with Crippen molar-refractivity contribution < 1.29 is 4.79 Å². The molecular formula is C17H26N2O. The number of aryl methyl sites for hydroxylation is 1. The molecule has 0 saturated carbocycles. The van der Waals surface area contributed by atoms with Gasteiger partial charge in [-0.05, 0) is 32.3 Å². The predicted molar refractivity (Wildman–Crippen MR) is 82.6 cm³/mol. The van der Waals surface area contributed by atoms with E-state index in [1.165, 1.54) is 24.0 Å². The van der Waals surface area contributed by atoms with E-state index in [9.17, 15) is 4.79 Å². The molecule has 110 valence electrons. The first-order chi connectivity index (χ1) is 9.66. The predicted octanol–water partition coefficient (Wildman–Crippen LogP) is 3.05. The molecule has 1 aliphatic heterocycles. The van der Waals surface area contributed by atoms with Gasteiger partial charge in [-0.3, -0.25) is 4.79 Å². The summed E-state index contributed by atoms with van der Waals surface area (Å²) in [6, 6.07) is 8.67. The number of rotatable bonds is 4. The minimum atomic E-state index is 0.214. The molecule has 2 rings (SSSR count). The van der Waals surface area contributed by atoms with E-state index in [1.54, 1.807) is 0 Å². The van der Waals surface area contributed by atoms with Gasteiger partial charge in [-0.25, -0.2) is 0 Å². The van der Waals surface area contributed by atoms with Crippen LogP contribution < -0.4 is 5.32 Å². The van der Waals surface area contributed by atoms with Crippen molar-refractivity contribution in [3.63, 3.8) is 0 Å². The third-order valence-corrected chi connectivity index (χ3v) is 4.06. The lowest BCUT2D eigenvalue weighted by Gasteiger charge is -2.22. The number of hydrogen-bond donors (Lipinski definition) is 1. The monoisotopic (exact) mass is 274 g/mol. The van der Waals surface area contributed by atoms with Gasteiger partial charge in [0.2, 0.25) is 5.91 Å². The molecule has 1 atom stereocenters. The smallest absolute Gasteiger partial charge is 0.236 e. The molecule has 0 aromatic heterocycles. The summed E-state index contributed by atoms with van der Waals surface area (Å²) in [5.74, 6) is 0.242.